The third-order valence-corrected chi connectivity index (χ3v) is 3.77. The number of likely N-dealkylation sites (tertiary alicyclic amines) is 1. The maximum atomic E-state index is 12.5. The van der Waals surface area contributed by atoms with Gasteiger partial charge in [0.05, 0.1) is 12.1 Å². The zero-order valence-electron chi connectivity index (χ0n) is 11.5. The Morgan fingerprint density at radius 2 is 2.05 bits per heavy atom. The Kier molecular flexibility index (Phi) is 4.70. The molecule has 2 heterocycles. The minimum Gasteiger partial charge on any atom is -0.392 e. The zero-order chi connectivity index (χ0) is 14.8. The first-order chi connectivity index (χ1) is 9.40. The number of piperidine rings is 1. The lowest BCUT2D eigenvalue weighted by molar-refractivity contribution is -0.141. The Balaban J connectivity index is 1.89. The molecule has 4 nitrogen and oxygen atoms in total. The van der Waals surface area contributed by atoms with Crippen molar-refractivity contribution >= 4 is 0 Å². The van der Waals surface area contributed by atoms with Crippen LogP contribution in [0.4, 0.5) is 13.2 Å². The molecule has 0 aliphatic carbocycles. The van der Waals surface area contributed by atoms with Gasteiger partial charge in [-0.3, -0.25) is 4.68 Å². The van der Waals surface area contributed by atoms with Crippen molar-refractivity contribution in [2.75, 3.05) is 19.6 Å². The molecule has 2 rings (SSSR count). The SMILES string of the molecule is CC[C@@H](O)CN1CCC(n2ccc(C(F)(F)F)n2)CC1. The number of aliphatic hydroxyl groups excluding tert-OH is 1. The molecule has 0 aromatic carbocycles. The molecule has 1 N–H and O–H groups in total. The predicted octanol–water partition coefficient (Wildman–Crippen LogP) is 2.31. The molecule has 114 valence electrons. The van der Waals surface area contributed by atoms with Crippen LogP contribution in [0, 0.1) is 0 Å². The van der Waals surface area contributed by atoms with E-state index in [-0.39, 0.29) is 12.1 Å². The second-order valence-corrected chi connectivity index (χ2v) is 5.27. The van der Waals surface area contributed by atoms with Gasteiger partial charge in [-0.25, -0.2) is 0 Å². The quantitative estimate of drug-likeness (QED) is 0.925. The number of rotatable bonds is 4. The lowest BCUT2D eigenvalue weighted by Gasteiger charge is -2.33. The Morgan fingerprint density at radius 1 is 1.40 bits per heavy atom. The highest BCUT2D eigenvalue weighted by Gasteiger charge is 2.34. The van der Waals surface area contributed by atoms with E-state index in [2.05, 4.69) is 10.00 Å². The van der Waals surface area contributed by atoms with Crippen molar-refractivity contribution in [3.05, 3.63) is 18.0 Å². The minimum atomic E-state index is -4.38. The molecule has 1 aliphatic rings. The number of β-amino-alcohol motifs (C(OH)–C–C–N with tert-alkyl or cyclic N) is 1. The van der Waals surface area contributed by atoms with Crippen LogP contribution in [0.2, 0.25) is 0 Å². The maximum absolute atomic E-state index is 12.5. The topological polar surface area (TPSA) is 41.3 Å². The van der Waals surface area contributed by atoms with E-state index in [1.165, 1.54) is 10.9 Å². The monoisotopic (exact) mass is 291 g/mol. The average Bonchev–Trinajstić information content (AvgIpc) is 2.89. The van der Waals surface area contributed by atoms with Crippen molar-refractivity contribution < 1.29 is 18.3 Å². The molecule has 0 amide bonds. The lowest BCUT2D eigenvalue weighted by Crippen LogP contribution is -2.39. The standard InChI is InChI=1S/C13H20F3N3O/c1-2-11(20)9-18-6-3-10(4-7-18)19-8-5-12(17-19)13(14,15)16/h5,8,10-11,20H,2-4,6-7,9H2,1H3/t11-/m1/s1. The van der Waals surface area contributed by atoms with Crippen LogP contribution in [0.1, 0.15) is 37.9 Å². The highest BCUT2D eigenvalue weighted by Crippen LogP contribution is 2.29. The number of hydrogen-bond donors (Lipinski definition) is 1. The summed E-state index contributed by atoms with van der Waals surface area (Å²) >= 11 is 0. The van der Waals surface area contributed by atoms with Crippen LogP contribution in [0.3, 0.4) is 0 Å². The molecule has 0 radical (unpaired) electrons. The molecule has 1 aromatic rings. The van der Waals surface area contributed by atoms with E-state index in [9.17, 15) is 18.3 Å². The van der Waals surface area contributed by atoms with Gasteiger partial charge in [0, 0.05) is 25.8 Å². The summed E-state index contributed by atoms with van der Waals surface area (Å²) in [5.41, 5.74) is -0.832. The van der Waals surface area contributed by atoms with Crippen LogP contribution in [-0.4, -0.2) is 45.5 Å². The summed E-state index contributed by atoms with van der Waals surface area (Å²) in [5, 5.41) is 13.2. The number of aromatic nitrogens is 2. The van der Waals surface area contributed by atoms with Crippen LogP contribution >= 0.6 is 0 Å². The van der Waals surface area contributed by atoms with Gasteiger partial charge in [0.15, 0.2) is 5.69 Å². The van der Waals surface area contributed by atoms with Gasteiger partial charge in [0.25, 0.3) is 0 Å². The Labute approximate surface area is 116 Å². The molecule has 20 heavy (non-hydrogen) atoms. The molecule has 7 heteroatoms. The zero-order valence-corrected chi connectivity index (χ0v) is 11.5. The van der Waals surface area contributed by atoms with E-state index >= 15 is 0 Å². The van der Waals surface area contributed by atoms with Crippen molar-refractivity contribution in [3.63, 3.8) is 0 Å². The Morgan fingerprint density at radius 3 is 2.55 bits per heavy atom. The maximum Gasteiger partial charge on any atom is 0.435 e. The van der Waals surface area contributed by atoms with Gasteiger partial charge < -0.3 is 10.0 Å². The summed E-state index contributed by atoms with van der Waals surface area (Å²) in [4.78, 5) is 2.15. The van der Waals surface area contributed by atoms with E-state index in [1.807, 2.05) is 6.92 Å². The number of aliphatic hydroxyl groups is 1. The largest absolute Gasteiger partial charge is 0.435 e. The third kappa shape index (κ3) is 3.73. The van der Waals surface area contributed by atoms with E-state index in [4.69, 9.17) is 0 Å². The number of halogens is 3. The fourth-order valence-corrected chi connectivity index (χ4v) is 2.49. The minimum absolute atomic E-state index is 0.0149. The highest BCUT2D eigenvalue weighted by atomic mass is 19.4. The first kappa shape index (κ1) is 15.3. The molecular weight excluding hydrogens is 271 g/mol. The molecule has 1 fully saturated rings. The first-order valence-electron chi connectivity index (χ1n) is 6.93. The van der Waals surface area contributed by atoms with E-state index in [1.54, 1.807) is 0 Å². The smallest absolute Gasteiger partial charge is 0.392 e. The number of nitrogens with zero attached hydrogens (tertiary/aromatic N) is 3. The van der Waals surface area contributed by atoms with Crippen molar-refractivity contribution in [2.45, 2.75) is 44.5 Å². The second kappa shape index (κ2) is 6.13. The molecule has 0 unspecified atom stereocenters. The van der Waals surface area contributed by atoms with Gasteiger partial charge in [0.2, 0.25) is 0 Å². The predicted molar refractivity (Wildman–Crippen MR) is 68.2 cm³/mol. The second-order valence-electron chi connectivity index (χ2n) is 5.27. The van der Waals surface area contributed by atoms with Gasteiger partial charge >= 0.3 is 6.18 Å². The van der Waals surface area contributed by atoms with Gasteiger partial charge in [0.1, 0.15) is 0 Å². The van der Waals surface area contributed by atoms with Crippen LogP contribution in [-0.2, 0) is 6.18 Å². The number of hydrogen-bond acceptors (Lipinski definition) is 3. The van der Waals surface area contributed by atoms with Crippen LogP contribution in [0.5, 0.6) is 0 Å². The Hall–Kier alpha value is -1.08. The van der Waals surface area contributed by atoms with Gasteiger partial charge in [-0.1, -0.05) is 6.92 Å². The fourth-order valence-electron chi connectivity index (χ4n) is 2.49. The Bertz CT molecular complexity index is 425. The molecule has 1 atom stereocenters. The third-order valence-electron chi connectivity index (χ3n) is 3.77. The van der Waals surface area contributed by atoms with Crippen molar-refractivity contribution in [3.8, 4) is 0 Å². The lowest BCUT2D eigenvalue weighted by atomic mass is 10.0. The van der Waals surface area contributed by atoms with Gasteiger partial charge in [-0.05, 0) is 25.3 Å². The van der Waals surface area contributed by atoms with Crippen molar-refractivity contribution in [2.24, 2.45) is 0 Å². The van der Waals surface area contributed by atoms with Crippen molar-refractivity contribution in [1.29, 1.82) is 0 Å². The van der Waals surface area contributed by atoms with Crippen molar-refractivity contribution in [1.82, 2.24) is 14.7 Å². The van der Waals surface area contributed by atoms with E-state index < -0.39 is 11.9 Å². The molecule has 0 bridgehead atoms. The molecular formula is C13H20F3N3O. The fraction of sp³-hybridized carbons (Fsp3) is 0.769. The summed E-state index contributed by atoms with van der Waals surface area (Å²) in [6.07, 6.45) is -1.06. The molecule has 1 saturated heterocycles. The molecule has 1 aliphatic heterocycles. The van der Waals surface area contributed by atoms with Gasteiger partial charge in [-0.2, -0.15) is 18.3 Å². The normalized spacial score (nSPS) is 20.2. The highest BCUT2D eigenvalue weighted by molar-refractivity contribution is 5.04. The summed E-state index contributed by atoms with van der Waals surface area (Å²) in [5.74, 6) is 0. The van der Waals surface area contributed by atoms with E-state index in [0.717, 1.165) is 32.0 Å². The molecule has 1 aromatic heterocycles. The van der Waals surface area contributed by atoms with Gasteiger partial charge in [-0.15, -0.1) is 0 Å². The summed E-state index contributed by atoms with van der Waals surface area (Å²) in [6, 6.07) is 1.04. The molecule has 0 spiro atoms. The average molecular weight is 291 g/mol. The van der Waals surface area contributed by atoms with Crippen LogP contribution in [0.25, 0.3) is 0 Å². The van der Waals surface area contributed by atoms with Crippen LogP contribution < -0.4 is 0 Å². The summed E-state index contributed by atoms with van der Waals surface area (Å²) in [6.45, 7) is 4.13. The van der Waals surface area contributed by atoms with E-state index in [0.29, 0.717) is 13.0 Å². The first-order valence-corrected chi connectivity index (χ1v) is 6.93. The van der Waals surface area contributed by atoms with Crippen LogP contribution in [0.15, 0.2) is 12.3 Å². The number of alkyl halides is 3. The summed E-state index contributed by atoms with van der Waals surface area (Å²) < 4.78 is 38.9. The summed E-state index contributed by atoms with van der Waals surface area (Å²) in [7, 11) is 0. The molecule has 0 saturated carbocycles.